The van der Waals surface area contributed by atoms with Crippen LogP contribution in [0.4, 0.5) is 4.39 Å². The van der Waals surface area contributed by atoms with Crippen LogP contribution in [-0.2, 0) is 6.61 Å². The SMILES string of the molecule is CC(=O)c1sc(-c2ccc(OCc3ncc(-c4ccc(F)cc4)o3)cc2)nc1C. The van der Waals surface area contributed by atoms with Crippen LogP contribution >= 0.6 is 11.3 Å². The fourth-order valence-electron chi connectivity index (χ4n) is 2.81. The fraction of sp³-hybridized carbons (Fsp3) is 0.136. The lowest BCUT2D eigenvalue weighted by Crippen LogP contribution is -1.95. The van der Waals surface area contributed by atoms with Crippen molar-refractivity contribution in [2.45, 2.75) is 20.5 Å². The van der Waals surface area contributed by atoms with Gasteiger partial charge in [-0.3, -0.25) is 4.79 Å². The van der Waals surface area contributed by atoms with Crippen LogP contribution in [0.5, 0.6) is 5.75 Å². The molecule has 0 saturated carbocycles. The summed E-state index contributed by atoms with van der Waals surface area (Å²) in [6.45, 7) is 3.56. The molecule has 5 nitrogen and oxygen atoms in total. The molecule has 0 aliphatic heterocycles. The Hall–Kier alpha value is -3.32. The first-order valence-electron chi connectivity index (χ1n) is 8.92. The van der Waals surface area contributed by atoms with Crippen LogP contribution in [0, 0.1) is 12.7 Å². The Morgan fingerprint density at radius 2 is 1.79 bits per heavy atom. The van der Waals surface area contributed by atoms with Crippen molar-refractivity contribution >= 4 is 17.1 Å². The molecule has 2 heterocycles. The number of ketones is 1. The first kappa shape index (κ1) is 19.0. The largest absolute Gasteiger partial charge is 0.484 e. The second-order valence-corrected chi connectivity index (χ2v) is 7.43. The molecule has 4 rings (SSSR count). The van der Waals surface area contributed by atoms with E-state index >= 15 is 0 Å². The second-order valence-electron chi connectivity index (χ2n) is 6.43. The summed E-state index contributed by atoms with van der Waals surface area (Å²) in [6, 6.07) is 13.5. The molecule has 0 amide bonds. The van der Waals surface area contributed by atoms with Gasteiger partial charge in [0, 0.05) is 18.1 Å². The van der Waals surface area contributed by atoms with Gasteiger partial charge in [0.15, 0.2) is 18.2 Å². The maximum atomic E-state index is 13.0. The molecule has 0 fully saturated rings. The molecule has 0 aliphatic carbocycles. The number of halogens is 1. The lowest BCUT2D eigenvalue weighted by Gasteiger charge is -2.04. The molecule has 0 unspecified atom stereocenters. The summed E-state index contributed by atoms with van der Waals surface area (Å²) in [6.07, 6.45) is 1.59. The van der Waals surface area contributed by atoms with Gasteiger partial charge in [-0.25, -0.2) is 14.4 Å². The third kappa shape index (κ3) is 4.25. The van der Waals surface area contributed by atoms with Crippen LogP contribution < -0.4 is 4.74 Å². The van der Waals surface area contributed by atoms with Crippen molar-refractivity contribution in [2.75, 3.05) is 0 Å². The van der Waals surface area contributed by atoms with Crippen molar-refractivity contribution in [2.24, 2.45) is 0 Å². The van der Waals surface area contributed by atoms with E-state index in [1.165, 1.54) is 23.5 Å². The molecular weight excluding hydrogens is 391 g/mol. The molecule has 0 atom stereocenters. The molecule has 2 aromatic carbocycles. The number of rotatable bonds is 6. The van der Waals surface area contributed by atoms with E-state index in [4.69, 9.17) is 9.15 Å². The smallest absolute Gasteiger partial charge is 0.232 e. The van der Waals surface area contributed by atoms with Gasteiger partial charge in [-0.2, -0.15) is 0 Å². The van der Waals surface area contributed by atoms with E-state index in [0.29, 0.717) is 22.3 Å². The zero-order valence-electron chi connectivity index (χ0n) is 15.8. The van der Waals surface area contributed by atoms with Gasteiger partial charge < -0.3 is 9.15 Å². The molecule has 146 valence electrons. The van der Waals surface area contributed by atoms with E-state index in [1.807, 2.05) is 31.2 Å². The Bertz CT molecular complexity index is 1150. The van der Waals surface area contributed by atoms with Crippen LogP contribution in [0.25, 0.3) is 21.9 Å². The highest BCUT2D eigenvalue weighted by atomic mass is 32.1. The van der Waals surface area contributed by atoms with Gasteiger partial charge in [-0.05, 0) is 55.5 Å². The number of oxazole rings is 1. The number of hydrogen-bond acceptors (Lipinski definition) is 6. The van der Waals surface area contributed by atoms with Gasteiger partial charge in [0.05, 0.1) is 16.8 Å². The Morgan fingerprint density at radius 3 is 2.45 bits per heavy atom. The summed E-state index contributed by atoms with van der Waals surface area (Å²) in [7, 11) is 0. The van der Waals surface area contributed by atoms with Crippen LogP contribution in [-0.4, -0.2) is 15.8 Å². The Balaban J connectivity index is 1.41. The zero-order valence-corrected chi connectivity index (χ0v) is 16.6. The number of aromatic nitrogens is 2. The van der Waals surface area contributed by atoms with Crippen molar-refractivity contribution in [1.82, 2.24) is 9.97 Å². The molecule has 4 aromatic rings. The average Bonchev–Trinajstić information content (AvgIpc) is 3.34. The molecule has 0 saturated heterocycles. The monoisotopic (exact) mass is 408 g/mol. The lowest BCUT2D eigenvalue weighted by atomic mass is 10.2. The molecule has 0 spiro atoms. The van der Waals surface area contributed by atoms with Crippen LogP contribution in [0.15, 0.2) is 59.1 Å². The predicted octanol–water partition coefficient (Wildman–Crippen LogP) is 5.69. The number of carbonyl (C=O) groups is 1. The minimum Gasteiger partial charge on any atom is -0.484 e. The van der Waals surface area contributed by atoms with Crippen LogP contribution in [0.2, 0.25) is 0 Å². The third-order valence-corrected chi connectivity index (χ3v) is 5.57. The van der Waals surface area contributed by atoms with Crippen molar-refractivity contribution < 1.29 is 18.3 Å². The van der Waals surface area contributed by atoms with Gasteiger partial charge >= 0.3 is 0 Å². The topological polar surface area (TPSA) is 65.2 Å². The maximum absolute atomic E-state index is 13.0. The van der Waals surface area contributed by atoms with Gasteiger partial charge in [-0.15, -0.1) is 11.3 Å². The normalized spacial score (nSPS) is 10.9. The van der Waals surface area contributed by atoms with Gasteiger partial charge in [0.25, 0.3) is 0 Å². The minimum absolute atomic E-state index is 0.0251. The molecule has 2 aromatic heterocycles. The van der Waals surface area contributed by atoms with Crippen molar-refractivity contribution in [3.63, 3.8) is 0 Å². The number of thiazole rings is 1. The first-order valence-corrected chi connectivity index (χ1v) is 9.73. The Kier molecular flexibility index (Phi) is 5.22. The molecule has 0 radical (unpaired) electrons. The van der Waals surface area contributed by atoms with E-state index in [2.05, 4.69) is 9.97 Å². The summed E-state index contributed by atoms with van der Waals surface area (Å²) in [5, 5.41) is 0.802. The van der Waals surface area contributed by atoms with Crippen LogP contribution in [0.1, 0.15) is 28.2 Å². The molecule has 0 aliphatic rings. The highest BCUT2D eigenvalue weighted by Crippen LogP contribution is 2.29. The van der Waals surface area contributed by atoms with Crippen molar-refractivity contribution in [1.29, 1.82) is 0 Å². The Morgan fingerprint density at radius 1 is 1.10 bits per heavy atom. The number of aryl methyl sites for hydroxylation is 1. The summed E-state index contributed by atoms with van der Waals surface area (Å²) in [5.74, 6) is 1.37. The summed E-state index contributed by atoms with van der Waals surface area (Å²) < 4.78 is 24.4. The van der Waals surface area contributed by atoms with Crippen molar-refractivity contribution in [3.8, 4) is 27.6 Å². The number of Topliss-reactive ketones (excluding diaryl/α,β-unsaturated/α-hetero) is 1. The lowest BCUT2D eigenvalue weighted by molar-refractivity contribution is 0.102. The van der Waals surface area contributed by atoms with Crippen LogP contribution in [0.3, 0.4) is 0 Å². The minimum atomic E-state index is -0.300. The fourth-order valence-corrected chi connectivity index (χ4v) is 3.78. The number of nitrogens with zero attached hydrogens (tertiary/aromatic N) is 2. The molecule has 29 heavy (non-hydrogen) atoms. The summed E-state index contributed by atoms with van der Waals surface area (Å²) in [5.41, 5.74) is 2.42. The highest BCUT2D eigenvalue weighted by Gasteiger charge is 2.13. The van der Waals surface area contributed by atoms with Gasteiger partial charge in [0.2, 0.25) is 5.89 Å². The number of ether oxygens (including phenoxy) is 1. The van der Waals surface area contributed by atoms with Gasteiger partial charge in [-0.1, -0.05) is 0 Å². The number of hydrogen-bond donors (Lipinski definition) is 0. The number of carbonyl (C=O) groups excluding carboxylic acids is 1. The first-order chi connectivity index (χ1) is 14.0. The maximum Gasteiger partial charge on any atom is 0.232 e. The van der Waals surface area contributed by atoms with E-state index in [1.54, 1.807) is 25.3 Å². The zero-order chi connectivity index (χ0) is 20.4. The molecule has 0 N–H and O–H groups in total. The molecule has 7 heteroatoms. The Labute approximate surface area is 170 Å². The standard InChI is InChI=1S/C22H17FN2O3S/c1-13-21(14(2)26)29-22(25-13)16-5-9-18(10-6-16)27-12-20-24-11-19(28-20)15-3-7-17(23)8-4-15/h3-11H,12H2,1-2H3. The van der Waals surface area contributed by atoms with E-state index in [9.17, 15) is 9.18 Å². The predicted molar refractivity (Wildman–Crippen MR) is 109 cm³/mol. The quantitative estimate of drug-likeness (QED) is 0.383. The molecule has 0 bridgehead atoms. The van der Waals surface area contributed by atoms with E-state index in [0.717, 1.165) is 21.8 Å². The van der Waals surface area contributed by atoms with Gasteiger partial charge in [0.1, 0.15) is 16.6 Å². The summed E-state index contributed by atoms with van der Waals surface area (Å²) in [4.78, 5) is 21.0. The van der Waals surface area contributed by atoms with E-state index in [-0.39, 0.29) is 18.2 Å². The van der Waals surface area contributed by atoms with Crippen molar-refractivity contribution in [3.05, 3.63) is 77.0 Å². The summed E-state index contributed by atoms with van der Waals surface area (Å²) >= 11 is 1.39. The molecular formula is C22H17FN2O3S. The van der Waals surface area contributed by atoms with E-state index < -0.39 is 0 Å². The second kappa shape index (κ2) is 7.97. The third-order valence-electron chi connectivity index (χ3n) is 4.26. The highest BCUT2D eigenvalue weighted by molar-refractivity contribution is 7.17. The average molecular weight is 408 g/mol. The number of benzene rings is 2.